The fourth-order valence-corrected chi connectivity index (χ4v) is 4.58. The highest BCUT2D eigenvalue weighted by molar-refractivity contribution is 6.46. The molecule has 3 nitrogen and oxygen atoms in total. The minimum absolute atomic E-state index is 0.634. The van der Waals surface area contributed by atoms with E-state index in [-0.39, 0.29) is 0 Å². The van der Waals surface area contributed by atoms with E-state index in [0.717, 1.165) is 13.2 Å². The lowest BCUT2D eigenvalue weighted by Crippen LogP contribution is -2.32. The number of nitrogens with zero attached hydrogens (tertiary/aromatic N) is 1. The Hall–Kier alpha value is 0.0969. The van der Waals surface area contributed by atoms with Crippen molar-refractivity contribution < 1.29 is 8.85 Å². The standard InChI is InChI=1S/C14H31NO2Si/c1-4-16-18(17-5-2)14(3)10-9-13-15-11-7-6-8-12-15/h14,18H,4-13H2,1-3H3. The lowest BCUT2D eigenvalue weighted by molar-refractivity contribution is 0.198. The second-order valence-electron chi connectivity index (χ2n) is 5.30. The zero-order valence-corrected chi connectivity index (χ0v) is 13.6. The molecule has 1 saturated heterocycles. The second kappa shape index (κ2) is 9.95. The van der Waals surface area contributed by atoms with Gasteiger partial charge in [0.05, 0.1) is 0 Å². The lowest BCUT2D eigenvalue weighted by Gasteiger charge is -2.27. The van der Waals surface area contributed by atoms with E-state index in [9.17, 15) is 0 Å². The Morgan fingerprint density at radius 2 is 1.67 bits per heavy atom. The average molecular weight is 273 g/mol. The maximum Gasteiger partial charge on any atom is 0.324 e. The Balaban J connectivity index is 2.14. The first-order valence-electron chi connectivity index (χ1n) is 7.73. The monoisotopic (exact) mass is 273 g/mol. The molecule has 1 aliphatic heterocycles. The van der Waals surface area contributed by atoms with Gasteiger partial charge in [-0.1, -0.05) is 13.3 Å². The smallest absolute Gasteiger partial charge is 0.324 e. The Morgan fingerprint density at radius 1 is 1.06 bits per heavy atom. The van der Waals surface area contributed by atoms with Crippen LogP contribution < -0.4 is 0 Å². The summed E-state index contributed by atoms with van der Waals surface area (Å²) in [6.07, 6.45) is 6.77. The van der Waals surface area contributed by atoms with Crippen molar-refractivity contribution in [3.63, 3.8) is 0 Å². The molecular formula is C14H31NO2Si. The largest absolute Gasteiger partial charge is 0.397 e. The quantitative estimate of drug-likeness (QED) is 0.603. The van der Waals surface area contributed by atoms with Gasteiger partial charge in [-0.05, 0) is 64.7 Å². The van der Waals surface area contributed by atoms with E-state index in [2.05, 4.69) is 25.7 Å². The van der Waals surface area contributed by atoms with Crippen LogP contribution in [0.15, 0.2) is 0 Å². The van der Waals surface area contributed by atoms with Crippen molar-refractivity contribution in [2.24, 2.45) is 0 Å². The van der Waals surface area contributed by atoms with Crippen LogP contribution in [0.2, 0.25) is 5.54 Å². The molecule has 1 atom stereocenters. The summed E-state index contributed by atoms with van der Waals surface area (Å²) in [4.78, 5) is 2.62. The van der Waals surface area contributed by atoms with E-state index >= 15 is 0 Å². The van der Waals surface area contributed by atoms with E-state index in [1.54, 1.807) is 0 Å². The van der Waals surface area contributed by atoms with Gasteiger partial charge in [0.15, 0.2) is 0 Å². The molecule has 0 aromatic heterocycles. The minimum atomic E-state index is -1.42. The van der Waals surface area contributed by atoms with Crippen LogP contribution in [-0.2, 0) is 8.85 Å². The Labute approximate surface area is 115 Å². The molecule has 0 aromatic carbocycles. The molecule has 0 saturated carbocycles. The predicted octanol–water partition coefficient (Wildman–Crippen LogP) is 2.94. The summed E-state index contributed by atoms with van der Waals surface area (Å²) in [6, 6.07) is 0. The first-order chi connectivity index (χ1) is 8.77. The fraction of sp³-hybridized carbons (Fsp3) is 1.00. The lowest BCUT2D eigenvalue weighted by atomic mass is 10.1. The number of likely N-dealkylation sites (tertiary alicyclic amines) is 1. The molecule has 18 heavy (non-hydrogen) atoms. The van der Waals surface area contributed by atoms with E-state index < -0.39 is 9.28 Å². The summed E-state index contributed by atoms with van der Waals surface area (Å²) in [6.45, 7) is 11.9. The molecule has 0 spiro atoms. The maximum absolute atomic E-state index is 5.79. The van der Waals surface area contributed by atoms with Crippen molar-refractivity contribution in [3.05, 3.63) is 0 Å². The highest BCUT2D eigenvalue weighted by Crippen LogP contribution is 2.19. The molecule has 108 valence electrons. The molecular weight excluding hydrogens is 242 g/mol. The summed E-state index contributed by atoms with van der Waals surface area (Å²) >= 11 is 0. The van der Waals surface area contributed by atoms with Crippen LogP contribution in [0.5, 0.6) is 0 Å². The Kier molecular flexibility index (Phi) is 8.93. The fourth-order valence-electron chi connectivity index (χ4n) is 2.66. The van der Waals surface area contributed by atoms with Crippen LogP contribution >= 0.6 is 0 Å². The zero-order chi connectivity index (χ0) is 13.2. The van der Waals surface area contributed by atoms with E-state index in [1.807, 2.05) is 0 Å². The third-order valence-electron chi connectivity index (χ3n) is 3.71. The van der Waals surface area contributed by atoms with E-state index in [0.29, 0.717) is 5.54 Å². The van der Waals surface area contributed by atoms with E-state index in [1.165, 1.54) is 51.7 Å². The first kappa shape index (κ1) is 16.2. The van der Waals surface area contributed by atoms with Crippen LogP contribution in [0.1, 0.15) is 52.9 Å². The summed E-state index contributed by atoms with van der Waals surface area (Å²) in [5.41, 5.74) is 0.634. The Morgan fingerprint density at radius 3 is 2.22 bits per heavy atom. The molecule has 0 amide bonds. The van der Waals surface area contributed by atoms with Gasteiger partial charge < -0.3 is 13.8 Å². The molecule has 1 heterocycles. The summed E-state index contributed by atoms with van der Waals surface area (Å²) in [5.74, 6) is 0. The molecule has 0 aliphatic carbocycles. The van der Waals surface area contributed by atoms with Gasteiger partial charge in [-0.25, -0.2) is 0 Å². The molecule has 4 heteroatoms. The molecule has 0 radical (unpaired) electrons. The number of piperidine rings is 1. The van der Waals surface area contributed by atoms with Gasteiger partial charge in [0.25, 0.3) is 0 Å². The van der Waals surface area contributed by atoms with Gasteiger partial charge >= 0.3 is 9.28 Å². The van der Waals surface area contributed by atoms with Crippen molar-refractivity contribution in [3.8, 4) is 0 Å². The topological polar surface area (TPSA) is 21.7 Å². The van der Waals surface area contributed by atoms with Crippen molar-refractivity contribution in [1.29, 1.82) is 0 Å². The first-order valence-corrected chi connectivity index (χ1v) is 9.34. The van der Waals surface area contributed by atoms with Gasteiger partial charge in [-0.2, -0.15) is 0 Å². The SMILES string of the molecule is CCO[SiH](OCC)C(C)CCCN1CCCCC1. The van der Waals surface area contributed by atoms with Gasteiger partial charge in [-0.15, -0.1) is 0 Å². The van der Waals surface area contributed by atoms with Crippen molar-refractivity contribution in [2.45, 2.75) is 58.4 Å². The normalized spacial score (nSPS) is 19.3. The predicted molar refractivity (Wildman–Crippen MR) is 79.4 cm³/mol. The second-order valence-corrected chi connectivity index (χ2v) is 7.84. The molecule has 1 rings (SSSR count). The molecule has 1 unspecified atom stereocenters. The summed E-state index contributed by atoms with van der Waals surface area (Å²) in [5, 5.41) is 0. The van der Waals surface area contributed by atoms with Crippen molar-refractivity contribution in [1.82, 2.24) is 4.90 Å². The molecule has 0 N–H and O–H groups in total. The van der Waals surface area contributed by atoms with Crippen molar-refractivity contribution in [2.75, 3.05) is 32.8 Å². The van der Waals surface area contributed by atoms with Crippen LogP contribution in [0, 0.1) is 0 Å². The zero-order valence-electron chi connectivity index (χ0n) is 12.5. The summed E-state index contributed by atoms with van der Waals surface area (Å²) in [7, 11) is -1.42. The van der Waals surface area contributed by atoms with Gasteiger partial charge in [0, 0.05) is 13.2 Å². The maximum atomic E-state index is 5.79. The van der Waals surface area contributed by atoms with Crippen LogP contribution in [0.25, 0.3) is 0 Å². The third-order valence-corrected chi connectivity index (χ3v) is 6.30. The number of hydrogen-bond donors (Lipinski definition) is 0. The van der Waals surface area contributed by atoms with E-state index in [4.69, 9.17) is 8.85 Å². The number of rotatable bonds is 9. The molecule has 0 bridgehead atoms. The Bertz CT molecular complexity index is 192. The highest BCUT2D eigenvalue weighted by atomic mass is 28.3. The van der Waals surface area contributed by atoms with Gasteiger partial charge in [-0.3, -0.25) is 0 Å². The van der Waals surface area contributed by atoms with Crippen molar-refractivity contribution >= 4 is 9.28 Å². The van der Waals surface area contributed by atoms with Crippen LogP contribution in [-0.4, -0.2) is 47.0 Å². The summed E-state index contributed by atoms with van der Waals surface area (Å²) < 4.78 is 11.6. The average Bonchev–Trinajstić information content (AvgIpc) is 2.39. The van der Waals surface area contributed by atoms with Gasteiger partial charge in [0.1, 0.15) is 0 Å². The van der Waals surface area contributed by atoms with Crippen LogP contribution in [0.3, 0.4) is 0 Å². The third kappa shape index (κ3) is 6.32. The number of hydrogen-bond acceptors (Lipinski definition) is 3. The highest BCUT2D eigenvalue weighted by Gasteiger charge is 2.21. The molecule has 0 aromatic rings. The molecule has 1 fully saturated rings. The van der Waals surface area contributed by atoms with Crippen LogP contribution in [0.4, 0.5) is 0 Å². The van der Waals surface area contributed by atoms with Gasteiger partial charge in [0.2, 0.25) is 0 Å². The molecule has 1 aliphatic rings. The minimum Gasteiger partial charge on any atom is -0.397 e.